The predicted octanol–water partition coefficient (Wildman–Crippen LogP) is 7.29. The summed E-state index contributed by atoms with van der Waals surface area (Å²) in [6.45, 7) is 4.23. The highest BCUT2D eigenvalue weighted by molar-refractivity contribution is 7.26. The molecule has 0 aliphatic rings. The molecule has 0 aliphatic heterocycles. The summed E-state index contributed by atoms with van der Waals surface area (Å²) in [7, 11) is 0. The summed E-state index contributed by atoms with van der Waals surface area (Å²) in [5.41, 5.74) is 3.41. The van der Waals surface area contributed by atoms with Crippen molar-refractivity contribution in [2.24, 2.45) is 0 Å². The number of nitrogens with zero attached hydrogens (tertiary/aromatic N) is 2. The number of benzene rings is 3. The van der Waals surface area contributed by atoms with Crippen LogP contribution in [0.15, 0.2) is 71.1 Å². The van der Waals surface area contributed by atoms with Gasteiger partial charge in [0.15, 0.2) is 0 Å². The maximum Gasteiger partial charge on any atom is 0.247 e. The Balaban J connectivity index is 1.55. The van der Waals surface area contributed by atoms with Gasteiger partial charge in [0.1, 0.15) is 0 Å². The Morgan fingerprint density at radius 1 is 0.857 bits per heavy atom. The van der Waals surface area contributed by atoms with Gasteiger partial charge in [0.05, 0.1) is 0 Å². The van der Waals surface area contributed by atoms with Crippen LogP contribution in [0.5, 0.6) is 0 Å². The van der Waals surface area contributed by atoms with Gasteiger partial charge in [-0.1, -0.05) is 62.4 Å². The lowest BCUT2D eigenvalue weighted by Gasteiger charge is -2.05. The van der Waals surface area contributed by atoms with E-state index in [1.54, 1.807) is 0 Å². The molecular formula is C24H20N2OS. The van der Waals surface area contributed by atoms with Gasteiger partial charge in [-0.3, -0.25) is 0 Å². The zero-order valence-corrected chi connectivity index (χ0v) is 16.7. The van der Waals surface area contributed by atoms with Crippen molar-refractivity contribution >= 4 is 31.5 Å². The van der Waals surface area contributed by atoms with Gasteiger partial charge in [0.2, 0.25) is 11.8 Å². The average molecular weight is 385 g/mol. The summed E-state index contributed by atoms with van der Waals surface area (Å²) in [6, 6.07) is 23.6. The SMILES string of the molecule is CCC(C)c1nnc(-c2ccc(-c3cccc4c3sc3ccccc34)cc2)o1. The Labute approximate surface area is 167 Å². The fraction of sp³-hybridized carbons (Fsp3) is 0.167. The van der Waals surface area contributed by atoms with Crippen LogP contribution in [0, 0.1) is 0 Å². The summed E-state index contributed by atoms with van der Waals surface area (Å²) < 4.78 is 8.51. The molecular weight excluding hydrogens is 364 g/mol. The minimum absolute atomic E-state index is 0.283. The van der Waals surface area contributed by atoms with E-state index >= 15 is 0 Å². The molecule has 28 heavy (non-hydrogen) atoms. The number of hydrogen-bond donors (Lipinski definition) is 0. The Hall–Kier alpha value is -2.98. The number of fused-ring (bicyclic) bond motifs is 3. The highest BCUT2D eigenvalue weighted by Gasteiger charge is 2.14. The summed E-state index contributed by atoms with van der Waals surface area (Å²) in [5, 5.41) is 11.1. The third-order valence-corrected chi connectivity index (χ3v) is 6.54. The van der Waals surface area contributed by atoms with E-state index in [-0.39, 0.29) is 5.92 Å². The van der Waals surface area contributed by atoms with Crippen LogP contribution in [-0.2, 0) is 0 Å². The van der Waals surface area contributed by atoms with E-state index in [1.807, 2.05) is 11.3 Å². The zero-order valence-electron chi connectivity index (χ0n) is 15.8. The Bertz CT molecular complexity index is 1270. The van der Waals surface area contributed by atoms with Crippen molar-refractivity contribution < 1.29 is 4.42 Å². The molecule has 0 saturated heterocycles. The second-order valence-corrected chi connectivity index (χ2v) is 8.16. The standard InChI is InChI=1S/C24H20N2OS/c1-3-15(2)23-25-26-24(27-23)17-13-11-16(12-14-17)18-8-6-9-20-19-7-4-5-10-21(19)28-22(18)20/h4-15H,3H2,1-2H3. The van der Waals surface area contributed by atoms with Gasteiger partial charge < -0.3 is 4.42 Å². The lowest BCUT2D eigenvalue weighted by Crippen LogP contribution is -1.90. The van der Waals surface area contributed by atoms with Crippen molar-refractivity contribution in [3.63, 3.8) is 0 Å². The van der Waals surface area contributed by atoms with Crippen LogP contribution < -0.4 is 0 Å². The topological polar surface area (TPSA) is 38.9 Å². The molecule has 3 aromatic carbocycles. The molecule has 0 amide bonds. The van der Waals surface area contributed by atoms with Crippen LogP contribution in [0.4, 0.5) is 0 Å². The molecule has 0 radical (unpaired) electrons. The molecule has 0 N–H and O–H groups in total. The molecule has 0 spiro atoms. The second-order valence-electron chi connectivity index (χ2n) is 7.11. The molecule has 5 aromatic rings. The van der Waals surface area contributed by atoms with Gasteiger partial charge in [-0.2, -0.15) is 0 Å². The van der Waals surface area contributed by atoms with E-state index in [4.69, 9.17) is 4.42 Å². The number of aromatic nitrogens is 2. The van der Waals surface area contributed by atoms with Crippen LogP contribution >= 0.6 is 11.3 Å². The van der Waals surface area contributed by atoms with Crippen molar-refractivity contribution in [3.05, 3.63) is 72.6 Å². The predicted molar refractivity (Wildman–Crippen MR) is 117 cm³/mol. The van der Waals surface area contributed by atoms with Gasteiger partial charge in [-0.05, 0) is 35.7 Å². The molecule has 0 fully saturated rings. The van der Waals surface area contributed by atoms with Crippen molar-refractivity contribution in [2.45, 2.75) is 26.2 Å². The van der Waals surface area contributed by atoms with Crippen molar-refractivity contribution in [3.8, 4) is 22.6 Å². The summed E-state index contributed by atoms with van der Waals surface area (Å²) >= 11 is 1.85. The molecule has 0 aliphatic carbocycles. The van der Waals surface area contributed by atoms with Crippen LogP contribution in [0.3, 0.4) is 0 Å². The first-order chi connectivity index (χ1) is 13.7. The monoisotopic (exact) mass is 384 g/mol. The minimum Gasteiger partial charge on any atom is -0.420 e. The molecule has 4 heteroatoms. The first-order valence-electron chi connectivity index (χ1n) is 9.59. The molecule has 0 saturated carbocycles. The summed E-state index contributed by atoms with van der Waals surface area (Å²) in [6.07, 6.45) is 0.986. The molecule has 138 valence electrons. The van der Waals surface area contributed by atoms with E-state index in [2.05, 4.69) is 90.8 Å². The van der Waals surface area contributed by atoms with E-state index in [9.17, 15) is 0 Å². The molecule has 0 bridgehead atoms. The van der Waals surface area contributed by atoms with E-state index in [0.717, 1.165) is 12.0 Å². The maximum absolute atomic E-state index is 5.86. The summed E-state index contributed by atoms with van der Waals surface area (Å²) in [4.78, 5) is 0. The third kappa shape index (κ3) is 2.81. The van der Waals surface area contributed by atoms with Gasteiger partial charge in [-0.15, -0.1) is 21.5 Å². The Morgan fingerprint density at radius 3 is 2.43 bits per heavy atom. The normalized spacial score (nSPS) is 12.6. The zero-order chi connectivity index (χ0) is 19.1. The first-order valence-corrected chi connectivity index (χ1v) is 10.4. The van der Waals surface area contributed by atoms with Gasteiger partial charge in [0, 0.05) is 31.7 Å². The number of thiophene rings is 1. The number of rotatable bonds is 4. The molecule has 1 unspecified atom stereocenters. The molecule has 2 heterocycles. The van der Waals surface area contributed by atoms with Crippen LogP contribution in [-0.4, -0.2) is 10.2 Å². The van der Waals surface area contributed by atoms with E-state index < -0.39 is 0 Å². The first kappa shape index (κ1) is 17.1. The molecule has 3 nitrogen and oxygen atoms in total. The van der Waals surface area contributed by atoms with Crippen molar-refractivity contribution in [1.82, 2.24) is 10.2 Å². The fourth-order valence-corrected chi connectivity index (χ4v) is 4.73. The minimum atomic E-state index is 0.283. The Kier molecular flexibility index (Phi) is 4.21. The van der Waals surface area contributed by atoms with Crippen LogP contribution in [0.2, 0.25) is 0 Å². The van der Waals surface area contributed by atoms with Crippen LogP contribution in [0.25, 0.3) is 42.8 Å². The molecule has 1 atom stereocenters. The lowest BCUT2D eigenvalue weighted by atomic mass is 10.0. The van der Waals surface area contributed by atoms with Crippen molar-refractivity contribution in [2.75, 3.05) is 0 Å². The maximum atomic E-state index is 5.86. The highest BCUT2D eigenvalue weighted by Crippen LogP contribution is 2.40. The second kappa shape index (κ2) is 6.88. The molecule has 2 aromatic heterocycles. The Morgan fingerprint density at radius 2 is 1.61 bits per heavy atom. The van der Waals surface area contributed by atoms with Crippen LogP contribution in [0.1, 0.15) is 32.1 Å². The highest BCUT2D eigenvalue weighted by atomic mass is 32.1. The van der Waals surface area contributed by atoms with Gasteiger partial charge >= 0.3 is 0 Å². The number of hydrogen-bond acceptors (Lipinski definition) is 4. The molecule has 5 rings (SSSR count). The van der Waals surface area contributed by atoms with Gasteiger partial charge in [0.25, 0.3) is 0 Å². The largest absolute Gasteiger partial charge is 0.420 e. The van der Waals surface area contributed by atoms with Gasteiger partial charge in [-0.25, -0.2) is 0 Å². The van der Waals surface area contributed by atoms with Crippen molar-refractivity contribution in [1.29, 1.82) is 0 Å². The third-order valence-electron chi connectivity index (χ3n) is 5.32. The van der Waals surface area contributed by atoms with E-state index in [0.29, 0.717) is 11.8 Å². The summed E-state index contributed by atoms with van der Waals surface area (Å²) in [5.74, 6) is 1.57. The average Bonchev–Trinajstić information content (AvgIpc) is 3.38. The fourth-order valence-electron chi connectivity index (χ4n) is 3.49. The lowest BCUT2D eigenvalue weighted by molar-refractivity contribution is 0.462. The smallest absolute Gasteiger partial charge is 0.247 e. The van der Waals surface area contributed by atoms with E-state index in [1.165, 1.54) is 31.3 Å². The quantitative estimate of drug-likeness (QED) is 0.327.